The van der Waals surface area contributed by atoms with Crippen molar-refractivity contribution < 1.29 is 38.1 Å². The van der Waals surface area contributed by atoms with Gasteiger partial charge in [-0.3, -0.25) is 9.59 Å². The van der Waals surface area contributed by atoms with E-state index in [1.165, 1.54) is 19.6 Å². The van der Waals surface area contributed by atoms with E-state index in [1.807, 2.05) is 6.92 Å². The Kier molecular flexibility index (Phi) is 3.76. The van der Waals surface area contributed by atoms with E-state index >= 15 is 0 Å². The maximum Gasteiger partial charge on any atom is 0.339 e. The van der Waals surface area contributed by atoms with Crippen molar-refractivity contribution in [3.63, 3.8) is 0 Å². The predicted octanol–water partition coefficient (Wildman–Crippen LogP) is 1.91. The first kappa shape index (κ1) is 18.7. The molecule has 0 amide bonds. The van der Waals surface area contributed by atoms with E-state index in [0.29, 0.717) is 24.8 Å². The molecule has 2 saturated carbocycles. The zero-order valence-corrected chi connectivity index (χ0v) is 16.4. The second-order valence-electron chi connectivity index (χ2n) is 9.10. The number of hydrogen-bond acceptors (Lipinski definition) is 8. The molecule has 5 fully saturated rings. The lowest BCUT2D eigenvalue weighted by Crippen LogP contribution is -2.73. The topological polar surface area (TPSA) is 112 Å². The Morgan fingerprint density at radius 2 is 2.00 bits per heavy atom. The van der Waals surface area contributed by atoms with E-state index in [-0.39, 0.29) is 12.8 Å². The Bertz CT molecular complexity index is 877. The summed E-state index contributed by atoms with van der Waals surface area (Å²) < 4.78 is 21.3. The molecule has 3 saturated heterocycles. The maximum absolute atomic E-state index is 13.1. The summed E-state index contributed by atoms with van der Waals surface area (Å²) in [5.74, 6) is -2.57. The fraction of sp³-hybridized carbons (Fsp3) is 0.667. The van der Waals surface area contributed by atoms with Crippen molar-refractivity contribution in [2.75, 3.05) is 7.11 Å². The molecule has 29 heavy (non-hydrogen) atoms. The number of aliphatic hydroxyl groups is 1. The molecule has 7 atom stereocenters. The normalized spacial score (nSPS) is 45.6. The lowest BCUT2D eigenvalue weighted by atomic mass is 9.40. The van der Waals surface area contributed by atoms with E-state index in [0.717, 1.165) is 0 Å². The van der Waals surface area contributed by atoms with Crippen LogP contribution in [0.1, 0.15) is 50.7 Å². The third-order valence-electron chi connectivity index (χ3n) is 8.11. The highest BCUT2D eigenvalue weighted by Gasteiger charge is 2.76. The van der Waals surface area contributed by atoms with Crippen LogP contribution < -0.4 is 0 Å². The van der Waals surface area contributed by atoms with Gasteiger partial charge in [0, 0.05) is 11.0 Å². The molecular weight excluding hydrogens is 380 g/mol. The second-order valence-corrected chi connectivity index (χ2v) is 9.10. The smallest absolute Gasteiger partial charge is 0.339 e. The Balaban J connectivity index is 1.62. The molecule has 4 heterocycles. The summed E-state index contributed by atoms with van der Waals surface area (Å²) in [5.41, 5.74) is -3.08. The van der Waals surface area contributed by atoms with Crippen molar-refractivity contribution in [1.82, 2.24) is 0 Å². The Labute approximate surface area is 167 Å². The molecule has 2 bridgehead atoms. The van der Waals surface area contributed by atoms with Crippen LogP contribution in [-0.4, -0.2) is 41.8 Å². The van der Waals surface area contributed by atoms with Gasteiger partial charge in [-0.05, 0) is 44.1 Å². The number of carbonyl (C=O) groups excluding carboxylic acids is 3. The van der Waals surface area contributed by atoms with Crippen LogP contribution in [0.4, 0.5) is 0 Å². The molecule has 1 N–H and O–H groups in total. The van der Waals surface area contributed by atoms with E-state index in [9.17, 15) is 19.5 Å². The first-order chi connectivity index (χ1) is 13.8. The van der Waals surface area contributed by atoms with Crippen LogP contribution in [0.15, 0.2) is 23.0 Å². The SMILES string of the molecule is COC(=O)[C@H]1C[C@H]2C[C@@H]3[C@]1(CC[C@@]1(O)C(=O)O[C@H](c4ccoc4)C[C@@]31C)C(=O)O2. The summed E-state index contributed by atoms with van der Waals surface area (Å²) in [7, 11) is 1.31. The van der Waals surface area contributed by atoms with Crippen molar-refractivity contribution in [2.45, 2.75) is 56.8 Å². The van der Waals surface area contributed by atoms with Gasteiger partial charge in [-0.1, -0.05) is 6.92 Å². The standard InChI is InChI=1S/C21H24O8/c1-19-9-14(11-3-6-27-10-11)29-18(24)21(19,25)5-4-20-13(16(22)26-2)7-12(8-15(19)20)28-17(20)23/h3,6,10,12-15,25H,4-5,7-9H2,1-2H3/t12-,13+,14-,15-,19-,20+,21+/m0/s1. The molecule has 156 valence electrons. The van der Waals surface area contributed by atoms with Gasteiger partial charge >= 0.3 is 17.9 Å². The van der Waals surface area contributed by atoms with Crippen molar-refractivity contribution in [3.05, 3.63) is 24.2 Å². The monoisotopic (exact) mass is 404 g/mol. The lowest BCUT2D eigenvalue weighted by Gasteiger charge is -2.66. The van der Waals surface area contributed by atoms with Crippen LogP contribution >= 0.6 is 0 Å². The molecule has 1 aromatic rings. The quantitative estimate of drug-likeness (QED) is 0.588. The van der Waals surface area contributed by atoms with Gasteiger partial charge < -0.3 is 23.7 Å². The summed E-state index contributed by atoms with van der Waals surface area (Å²) in [6, 6.07) is 1.73. The van der Waals surface area contributed by atoms with E-state index in [1.54, 1.807) is 6.07 Å². The van der Waals surface area contributed by atoms with Crippen molar-refractivity contribution in [1.29, 1.82) is 0 Å². The first-order valence-electron chi connectivity index (χ1n) is 10.0. The van der Waals surface area contributed by atoms with Gasteiger partial charge in [-0.25, -0.2) is 4.79 Å². The summed E-state index contributed by atoms with van der Waals surface area (Å²) in [5, 5.41) is 11.5. The van der Waals surface area contributed by atoms with Crippen LogP contribution in [0.3, 0.4) is 0 Å². The fourth-order valence-corrected chi connectivity index (χ4v) is 6.56. The van der Waals surface area contributed by atoms with Crippen molar-refractivity contribution >= 4 is 17.9 Å². The number of esters is 3. The van der Waals surface area contributed by atoms with Crippen molar-refractivity contribution in [3.8, 4) is 0 Å². The Morgan fingerprint density at radius 3 is 2.69 bits per heavy atom. The van der Waals surface area contributed by atoms with Gasteiger partial charge in [0.1, 0.15) is 12.2 Å². The number of cyclic esters (lactones) is 1. The number of furan rings is 1. The summed E-state index contributed by atoms with van der Waals surface area (Å²) in [4.78, 5) is 38.7. The molecule has 1 aromatic heterocycles. The number of carbonyl (C=O) groups is 3. The molecule has 2 aliphatic carbocycles. The average Bonchev–Trinajstić information content (AvgIpc) is 3.24. The highest BCUT2D eigenvalue weighted by molar-refractivity contribution is 5.90. The third kappa shape index (κ3) is 2.15. The summed E-state index contributed by atoms with van der Waals surface area (Å²) in [6.45, 7) is 1.84. The second kappa shape index (κ2) is 5.84. The van der Waals surface area contributed by atoms with E-state index in [4.69, 9.17) is 18.6 Å². The molecule has 8 nitrogen and oxygen atoms in total. The summed E-state index contributed by atoms with van der Waals surface area (Å²) >= 11 is 0. The highest BCUT2D eigenvalue weighted by atomic mass is 16.6. The number of hydrogen-bond donors (Lipinski definition) is 1. The largest absolute Gasteiger partial charge is 0.472 e. The Morgan fingerprint density at radius 1 is 1.21 bits per heavy atom. The minimum absolute atomic E-state index is 0.0319. The van der Waals surface area contributed by atoms with Gasteiger partial charge in [-0.15, -0.1) is 0 Å². The van der Waals surface area contributed by atoms with E-state index < -0.39 is 58.4 Å². The molecule has 0 aromatic carbocycles. The molecule has 0 unspecified atom stereocenters. The van der Waals surface area contributed by atoms with Crippen LogP contribution in [0, 0.1) is 22.7 Å². The number of methoxy groups -OCH3 is 1. The molecule has 1 spiro atoms. The van der Waals surface area contributed by atoms with Crippen LogP contribution in [-0.2, 0) is 28.6 Å². The molecule has 5 aliphatic rings. The highest BCUT2D eigenvalue weighted by Crippen LogP contribution is 2.69. The maximum atomic E-state index is 13.1. The zero-order valence-electron chi connectivity index (χ0n) is 16.4. The van der Waals surface area contributed by atoms with Gasteiger partial charge in [0.25, 0.3) is 0 Å². The van der Waals surface area contributed by atoms with Crippen LogP contribution in [0.25, 0.3) is 0 Å². The molecule has 8 heteroatoms. The lowest BCUT2D eigenvalue weighted by molar-refractivity contribution is -0.280. The minimum Gasteiger partial charge on any atom is -0.472 e. The van der Waals surface area contributed by atoms with E-state index in [2.05, 4.69) is 0 Å². The molecule has 6 rings (SSSR count). The molecule has 3 aliphatic heterocycles. The number of fused-ring (bicyclic) bond motifs is 3. The Hall–Kier alpha value is -2.35. The first-order valence-corrected chi connectivity index (χ1v) is 10.0. The number of ether oxygens (including phenoxy) is 3. The van der Waals surface area contributed by atoms with Gasteiger partial charge in [-0.2, -0.15) is 0 Å². The van der Waals surface area contributed by atoms with Gasteiger partial charge in [0.05, 0.1) is 31.0 Å². The van der Waals surface area contributed by atoms with Gasteiger partial charge in [0.2, 0.25) is 0 Å². The van der Waals surface area contributed by atoms with Crippen LogP contribution in [0.2, 0.25) is 0 Å². The van der Waals surface area contributed by atoms with Crippen LogP contribution in [0.5, 0.6) is 0 Å². The fourth-order valence-electron chi connectivity index (χ4n) is 6.56. The predicted molar refractivity (Wildman–Crippen MR) is 95.0 cm³/mol. The summed E-state index contributed by atoms with van der Waals surface area (Å²) in [6.07, 6.45) is 3.46. The van der Waals surface area contributed by atoms with Crippen molar-refractivity contribution in [2.24, 2.45) is 22.7 Å². The molecule has 0 radical (unpaired) electrons. The minimum atomic E-state index is -1.72. The zero-order chi connectivity index (χ0) is 20.6. The third-order valence-corrected chi connectivity index (χ3v) is 8.11. The molecular formula is C21H24O8. The number of rotatable bonds is 2. The van der Waals surface area contributed by atoms with Gasteiger partial charge in [0.15, 0.2) is 5.60 Å². The average molecular weight is 404 g/mol.